The predicted octanol–water partition coefficient (Wildman–Crippen LogP) is 0.625. The molecule has 2 aromatic heterocycles. The van der Waals surface area contributed by atoms with Gasteiger partial charge in [0.1, 0.15) is 4.90 Å². The van der Waals surface area contributed by atoms with Crippen LogP contribution in [-0.2, 0) is 10.0 Å². The molecule has 0 bridgehead atoms. The molecule has 0 aromatic carbocycles. The van der Waals surface area contributed by atoms with Gasteiger partial charge in [0.25, 0.3) is 10.0 Å². The summed E-state index contributed by atoms with van der Waals surface area (Å²) >= 11 is 1.25. The van der Waals surface area contributed by atoms with E-state index < -0.39 is 10.0 Å². The van der Waals surface area contributed by atoms with Crippen molar-refractivity contribution in [1.29, 1.82) is 0 Å². The molecule has 0 atom stereocenters. The van der Waals surface area contributed by atoms with Crippen LogP contribution in [0.1, 0.15) is 4.88 Å². The van der Waals surface area contributed by atoms with Crippen molar-refractivity contribution in [2.24, 2.45) is 0 Å². The average Bonchev–Trinajstić information content (AvgIpc) is 2.63. The number of hydrogen-bond donors (Lipinski definition) is 2. The number of nitrogens with one attached hydrogen (secondary N) is 1. The minimum Gasteiger partial charge on any atom is -0.368 e. The Morgan fingerprint density at radius 1 is 1.24 bits per heavy atom. The number of anilines is 2. The zero-order valence-corrected chi connectivity index (χ0v) is 10.4. The van der Waals surface area contributed by atoms with E-state index >= 15 is 0 Å². The molecule has 0 aliphatic rings. The molecule has 0 fully saturated rings. The van der Waals surface area contributed by atoms with Crippen molar-refractivity contribution in [1.82, 2.24) is 15.0 Å². The number of nitrogen functional groups attached to an aromatic ring is 1. The highest BCUT2D eigenvalue weighted by Crippen LogP contribution is 2.20. The second kappa shape index (κ2) is 4.26. The molecule has 0 amide bonds. The number of nitrogens with two attached hydrogens (primary N) is 1. The smallest absolute Gasteiger partial charge is 0.266 e. The molecule has 0 unspecified atom stereocenters. The fourth-order valence-corrected chi connectivity index (χ4v) is 2.84. The van der Waals surface area contributed by atoms with Crippen LogP contribution in [-0.4, -0.2) is 23.4 Å². The summed E-state index contributed by atoms with van der Waals surface area (Å²) in [5.41, 5.74) is 5.28. The summed E-state index contributed by atoms with van der Waals surface area (Å²) in [6.07, 6.45) is 3.87. The topological polar surface area (TPSA) is 111 Å². The van der Waals surface area contributed by atoms with Crippen LogP contribution in [0, 0.1) is 6.92 Å². The van der Waals surface area contributed by atoms with Crippen LogP contribution in [0.3, 0.4) is 0 Å². The molecule has 0 saturated carbocycles. The van der Waals surface area contributed by atoms with Crippen LogP contribution in [0.15, 0.2) is 23.5 Å². The number of nitrogens with zero attached hydrogens (tertiary/aromatic N) is 3. The van der Waals surface area contributed by atoms with Crippen LogP contribution in [0.4, 0.5) is 11.1 Å². The van der Waals surface area contributed by atoms with E-state index in [4.69, 9.17) is 5.73 Å². The molecule has 2 aromatic rings. The summed E-state index contributed by atoms with van der Waals surface area (Å²) in [5.74, 6) is 0.0223. The molecule has 0 aliphatic carbocycles. The van der Waals surface area contributed by atoms with Gasteiger partial charge in [-0.1, -0.05) is 0 Å². The molecule has 90 valence electrons. The summed E-state index contributed by atoms with van der Waals surface area (Å²) in [7, 11) is -3.70. The predicted molar refractivity (Wildman–Crippen MR) is 64.1 cm³/mol. The molecule has 0 radical (unpaired) electrons. The fourth-order valence-electron chi connectivity index (χ4n) is 1.04. The van der Waals surface area contributed by atoms with E-state index in [1.54, 1.807) is 6.20 Å². The van der Waals surface area contributed by atoms with Crippen molar-refractivity contribution in [3.63, 3.8) is 0 Å². The fraction of sp³-hybridized carbons (Fsp3) is 0.125. The zero-order valence-electron chi connectivity index (χ0n) is 8.78. The Hall–Kier alpha value is -1.74. The molecule has 7 nitrogen and oxygen atoms in total. The number of rotatable bonds is 3. The minimum atomic E-state index is -3.70. The van der Waals surface area contributed by atoms with Gasteiger partial charge in [0.05, 0.1) is 12.4 Å². The lowest BCUT2D eigenvalue weighted by Gasteiger charge is -2.03. The first-order valence-electron chi connectivity index (χ1n) is 4.50. The lowest BCUT2D eigenvalue weighted by Crippen LogP contribution is -2.13. The van der Waals surface area contributed by atoms with Gasteiger partial charge in [-0.05, 0) is 6.92 Å². The van der Waals surface area contributed by atoms with E-state index in [0.29, 0.717) is 5.13 Å². The number of aryl methyl sites for hydroxylation is 1. The van der Waals surface area contributed by atoms with Crippen LogP contribution in [0.25, 0.3) is 0 Å². The Morgan fingerprint density at radius 2 is 1.88 bits per heavy atom. The number of thiazole rings is 1. The van der Waals surface area contributed by atoms with Gasteiger partial charge in [0.15, 0.2) is 5.13 Å². The SMILES string of the molecule is Cc1cnc(NS(=O)(=O)c2cnc(N)nc2)s1. The Morgan fingerprint density at radius 3 is 2.41 bits per heavy atom. The van der Waals surface area contributed by atoms with Gasteiger partial charge < -0.3 is 5.73 Å². The van der Waals surface area contributed by atoms with Gasteiger partial charge in [0.2, 0.25) is 5.95 Å². The third kappa shape index (κ3) is 2.68. The summed E-state index contributed by atoms with van der Waals surface area (Å²) in [4.78, 5) is 12.0. The zero-order chi connectivity index (χ0) is 12.5. The minimum absolute atomic E-state index is 0.0223. The summed E-state index contributed by atoms with van der Waals surface area (Å²) in [6.45, 7) is 1.84. The number of aromatic nitrogens is 3. The molecule has 0 saturated heterocycles. The molecule has 2 rings (SSSR count). The van der Waals surface area contributed by atoms with Gasteiger partial charge in [-0.2, -0.15) is 0 Å². The highest BCUT2D eigenvalue weighted by molar-refractivity contribution is 7.93. The summed E-state index contributed by atoms with van der Waals surface area (Å²) in [6, 6.07) is 0. The van der Waals surface area contributed by atoms with E-state index in [-0.39, 0.29) is 10.8 Å². The molecule has 9 heteroatoms. The van der Waals surface area contributed by atoms with Gasteiger partial charge in [-0.25, -0.2) is 23.4 Å². The van der Waals surface area contributed by atoms with Gasteiger partial charge >= 0.3 is 0 Å². The Labute approximate surface area is 102 Å². The molecule has 17 heavy (non-hydrogen) atoms. The van der Waals surface area contributed by atoms with Crippen molar-refractivity contribution in [2.45, 2.75) is 11.8 Å². The van der Waals surface area contributed by atoms with E-state index in [9.17, 15) is 8.42 Å². The highest BCUT2D eigenvalue weighted by Gasteiger charge is 2.16. The van der Waals surface area contributed by atoms with Crippen molar-refractivity contribution in [3.8, 4) is 0 Å². The third-order valence-corrected chi connectivity index (χ3v) is 4.05. The van der Waals surface area contributed by atoms with Crippen molar-refractivity contribution in [2.75, 3.05) is 10.5 Å². The lowest BCUT2D eigenvalue weighted by atomic mass is 10.7. The molecular weight excluding hydrogens is 262 g/mol. The lowest BCUT2D eigenvalue weighted by molar-refractivity contribution is 0.600. The molecular formula is C8H9N5O2S2. The van der Waals surface area contributed by atoms with Crippen LogP contribution in [0.5, 0.6) is 0 Å². The average molecular weight is 271 g/mol. The normalized spacial score (nSPS) is 11.4. The maximum Gasteiger partial charge on any atom is 0.266 e. The third-order valence-electron chi connectivity index (χ3n) is 1.80. The van der Waals surface area contributed by atoms with E-state index in [0.717, 1.165) is 17.3 Å². The maximum absolute atomic E-state index is 11.9. The van der Waals surface area contributed by atoms with Crippen LogP contribution in [0.2, 0.25) is 0 Å². The van der Waals surface area contributed by atoms with Crippen molar-refractivity contribution >= 4 is 32.4 Å². The summed E-state index contributed by atoms with van der Waals surface area (Å²) in [5, 5.41) is 0.305. The van der Waals surface area contributed by atoms with Crippen molar-refractivity contribution in [3.05, 3.63) is 23.5 Å². The first kappa shape index (κ1) is 11.7. The second-order valence-corrected chi connectivity index (χ2v) is 6.08. The monoisotopic (exact) mass is 271 g/mol. The highest BCUT2D eigenvalue weighted by atomic mass is 32.2. The number of hydrogen-bond acceptors (Lipinski definition) is 7. The Balaban J connectivity index is 2.28. The molecule has 0 aliphatic heterocycles. The molecule has 3 N–H and O–H groups in total. The Kier molecular flexibility index (Phi) is 2.94. The van der Waals surface area contributed by atoms with E-state index in [1.807, 2.05) is 6.92 Å². The first-order chi connectivity index (χ1) is 7.97. The maximum atomic E-state index is 11.9. The largest absolute Gasteiger partial charge is 0.368 e. The van der Waals surface area contributed by atoms with Gasteiger partial charge in [-0.15, -0.1) is 11.3 Å². The second-order valence-electron chi connectivity index (χ2n) is 3.16. The van der Waals surface area contributed by atoms with E-state index in [2.05, 4.69) is 19.7 Å². The van der Waals surface area contributed by atoms with Gasteiger partial charge in [0, 0.05) is 11.1 Å². The van der Waals surface area contributed by atoms with Gasteiger partial charge in [-0.3, -0.25) is 4.72 Å². The Bertz CT molecular complexity index is 620. The van der Waals surface area contributed by atoms with E-state index in [1.165, 1.54) is 11.3 Å². The van der Waals surface area contributed by atoms with Crippen molar-refractivity contribution < 1.29 is 8.42 Å². The quantitative estimate of drug-likeness (QED) is 0.846. The first-order valence-corrected chi connectivity index (χ1v) is 6.80. The van der Waals surface area contributed by atoms with Crippen LogP contribution >= 0.6 is 11.3 Å². The molecule has 0 spiro atoms. The number of sulfonamides is 1. The standard InChI is InChI=1S/C8H9N5O2S2/c1-5-2-12-8(16-5)13-17(14,15)6-3-10-7(9)11-4-6/h2-4H,1H3,(H,12,13)(H2,9,10,11). The molecule has 2 heterocycles. The van der Waals surface area contributed by atoms with Crippen LogP contribution < -0.4 is 10.5 Å². The summed E-state index contributed by atoms with van der Waals surface area (Å²) < 4.78 is 26.0.